The smallest absolute Gasteiger partial charge is 0.191 e. The fourth-order valence-electron chi connectivity index (χ4n) is 2.37. The molecule has 1 saturated carbocycles. The summed E-state index contributed by atoms with van der Waals surface area (Å²) in [6.45, 7) is 10.1. The predicted octanol–water partition coefficient (Wildman–Crippen LogP) is 3.35. The minimum absolute atomic E-state index is 0.286. The number of guanidine groups is 1. The van der Waals surface area contributed by atoms with Crippen LogP contribution in [0.1, 0.15) is 45.6 Å². The van der Waals surface area contributed by atoms with Gasteiger partial charge in [0.2, 0.25) is 0 Å². The van der Waals surface area contributed by atoms with Crippen molar-refractivity contribution in [2.75, 3.05) is 26.3 Å². The molecule has 0 atom stereocenters. The van der Waals surface area contributed by atoms with Gasteiger partial charge in [0.05, 0.1) is 19.3 Å². The summed E-state index contributed by atoms with van der Waals surface area (Å²) in [4.78, 5) is 4.69. The van der Waals surface area contributed by atoms with E-state index in [1.165, 1.54) is 12.8 Å². The molecule has 0 amide bonds. The predicted molar refractivity (Wildman–Crippen MR) is 103 cm³/mol. The van der Waals surface area contributed by atoms with Crippen LogP contribution in [0.4, 0.5) is 0 Å². The maximum absolute atomic E-state index is 5.96. The second kappa shape index (κ2) is 11.0. The highest BCUT2D eigenvalue weighted by atomic mass is 16.5. The monoisotopic (exact) mass is 347 g/mol. The quantitative estimate of drug-likeness (QED) is 0.366. The highest BCUT2D eigenvalue weighted by Crippen LogP contribution is 2.30. The molecule has 0 aromatic heterocycles. The molecule has 0 saturated heterocycles. The van der Waals surface area contributed by atoms with Crippen LogP contribution in [0.25, 0.3) is 0 Å². The zero-order valence-electron chi connectivity index (χ0n) is 15.9. The largest absolute Gasteiger partial charge is 0.493 e. The number of para-hydroxylation sites is 1. The minimum atomic E-state index is 0.286. The summed E-state index contributed by atoms with van der Waals surface area (Å²) in [7, 11) is 0. The van der Waals surface area contributed by atoms with Gasteiger partial charge in [-0.15, -0.1) is 0 Å². The second-order valence-corrected chi connectivity index (χ2v) is 6.76. The topological polar surface area (TPSA) is 54.9 Å². The van der Waals surface area contributed by atoms with Gasteiger partial charge < -0.3 is 20.1 Å². The Balaban J connectivity index is 1.82. The standard InChI is InChI=1S/C20H33N3O2/c1-4-21-20(22-12-7-13-24-16(2)3)23-14-18-8-5-6-9-19(18)25-15-17-10-11-17/h5-6,8-9,16-17H,4,7,10-15H2,1-3H3,(H2,21,22,23). The number of hydrogen-bond donors (Lipinski definition) is 2. The van der Waals surface area contributed by atoms with Crippen LogP contribution >= 0.6 is 0 Å². The number of nitrogens with one attached hydrogen (secondary N) is 2. The maximum atomic E-state index is 5.96. The molecule has 0 heterocycles. The molecule has 0 spiro atoms. The molecule has 25 heavy (non-hydrogen) atoms. The summed E-state index contributed by atoms with van der Waals surface area (Å²) in [5, 5.41) is 6.65. The third kappa shape index (κ3) is 8.25. The summed E-state index contributed by atoms with van der Waals surface area (Å²) in [6, 6.07) is 8.19. The van der Waals surface area contributed by atoms with Gasteiger partial charge in [-0.2, -0.15) is 0 Å². The van der Waals surface area contributed by atoms with Crippen molar-refractivity contribution in [1.82, 2.24) is 10.6 Å². The van der Waals surface area contributed by atoms with Crippen molar-refractivity contribution in [2.24, 2.45) is 10.9 Å². The first kappa shape index (κ1) is 19.6. The highest BCUT2D eigenvalue weighted by molar-refractivity contribution is 5.79. The Morgan fingerprint density at radius 1 is 1.24 bits per heavy atom. The zero-order valence-corrected chi connectivity index (χ0v) is 15.9. The lowest BCUT2D eigenvalue weighted by Gasteiger charge is -2.13. The van der Waals surface area contributed by atoms with Gasteiger partial charge in [-0.3, -0.25) is 0 Å². The molecule has 0 bridgehead atoms. The molecular weight excluding hydrogens is 314 g/mol. The Morgan fingerprint density at radius 2 is 2.04 bits per heavy atom. The number of rotatable bonds is 11. The molecule has 0 unspecified atom stereocenters. The van der Waals surface area contributed by atoms with E-state index < -0.39 is 0 Å². The Labute approximate surface area is 152 Å². The third-order valence-corrected chi connectivity index (χ3v) is 3.96. The normalized spacial score (nSPS) is 14.6. The van der Waals surface area contributed by atoms with Crippen molar-refractivity contribution < 1.29 is 9.47 Å². The van der Waals surface area contributed by atoms with Crippen LogP contribution in [-0.2, 0) is 11.3 Å². The van der Waals surface area contributed by atoms with E-state index in [2.05, 4.69) is 37.5 Å². The summed E-state index contributed by atoms with van der Waals surface area (Å²) >= 11 is 0. The Bertz CT molecular complexity index is 527. The van der Waals surface area contributed by atoms with Crippen LogP contribution in [0.3, 0.4) is 0 Å². The van der Waals surface area contributed by atoms with Crippen LogP contribution in [0.2, 0.25) is 0 Å². The van der Waals surface area contributed by atoms with Gasteiger partial charge in [-0.1, -0.05) is 18.2 Å². The lowest BCUT2D eigenvalue weighted by Crippen LogP contribution is -2.38. The molecule has 0 aliphatic heterocycles. The maximum Gasteiger partial charge on any atom is 0.191 e. The fourth-order valence-corrected chi connectivity index (χ4v) is 2.37. The molecule has 1 aliphatic rings. The average molecular weight is 348 g/mol. The Morgan fingerprint density at radius 3 is 2.76 bits per heavy atom. The summed E-state index contributed by atoms with van der Waals surface area (Å²) in [5.41, 5.74) is 1.13. The molecule has 2 N–H and O–H groups in total. The van der Waals surface area contributed by atoms with Gasteiger partial charge in [-0.05, 0) is 52.0 Å². The Kier molecular flexibility index (Phi) is 8.60. The molecule has 1 aliphatic carbocycles. The third-order valence-electron chi connectivity index (χ3n) is 3.96. The molecule has 2 rings (SSSR count). The van der Waals surface area contributed by atoms with Crippen LogP contribution in [0.15, 0.2) is 29.3 Å². The molecule has 1 aromatic rings. The van der Waals surface area contributed by atoms with E-state index in [-0.39, 0.29) is 6.10 Å². The molecule has 140 valence electrons. The molecule has 1 fully saturated rings. The van der Waals surface area contributed by atoms with Crippen LogP contribution in [0.5, 0.6) is 5.75 Å². The van der Waals surface area contributed by atoms with Crippen LogP contribution in [-0.4, -0.2) is 38.4 Å². The van der Waals surface area contributed by atoms with Crippen molar-refractivity contribution in [3.05, 3.63) is 29.8 Å². The highest BCUT2D eigenvalue weighted by Gasteiger charge is 2.22. The summed E-state index contributed by atoms with van der Waals surface area (Å²) in [6.07, 6.45) is 3.85. The van der Waals surface area contributed by atoms with Crippen molar-refractivity contribution >= 4 is 5.96 Å². The van der Waals surface area contributed by atoms with Gasteiger partial charge >= 0.3 is 0 Å². The van der Waals surface area contributed by atoms with E-state index in [0.717, 1.165) is 55.9 Å². The van der Waals surface area contributed by atoms with E-state index in [4.69, 9.17) is 14.5 Å². The number of hydrogen-bond acceptors (Lipinski definition) is 3. The van der Waals surface area contributed by atoms with Gasteiger partial charge in [-0.25, -0.2) is 4.99 Å². The average Bonchev–Trinajstić information content (AvgIpc) is 3.42. The number of benzene rings is 1. The van der Waals surface area contributed by atoms with Gasteiger partial charge in [0.1, 0.15) is 5.75 Å². The SMILES string of the molecule is CCNC(=NCc1ccccc1OCC1CC1)NCCCOC(C)C. The van der Waals surface area contributed by atoms with Crippen molar-refractivity contribution in [3.8, 4) is 5.75 Å². The summed E-state index contributed by atoms with van der Waals surface area (Å²) < 4.78 is 11.5. The summed E-state index contributed by atoms with van der Waals surface area (Å²) in [5.74, 6) is 2.55. The van der Waals surface area contributed by atoms with E-state index in [1.54, 1.807) is 0 Å². The second-order valence-electron chi connectivity index (χ2n) is 6.76. The first-order valence-electron chi connectivity index (χ1n) is 9.53. The number of aliphatic imine (C=N–C) groups is 1. The van der Waals surface area contributed by atoms with Gasteiger partial charge in [0.25, 0.3) is 0 Å². The van der Waals surface area contributed by atoms with Gasteiger partial charge in [0.15, 0.2) is 5.96 Å². The van der Waals surface area contributed by atoms with Crippen LogP contribution < -0.4 is 15.4 Å². The number of ether oxygens (including phenoxy) is 2. The fraction of sp³-hybridized carbons (Fsp3) is 0.650. The Hall–Kier alpha value is -1.75. The lowest BCUT2D eigenvalue weighted by atomic mass is 10.2. The van der Waals surface area contributed by atoms with Crippen molar-refractivity contribution in [3.63, 3.8) is 0 Å². The first-order chi connectivity index (χ1) is 12.2. The van der Waals surface area contributed by atoms with E-state index in [1.807, 2.05) is 18.2 Å². The van der Waals surface area contributed by atoms with E-state index in [0.29, 0.717) is 6.54 Å². The lowest BCUT2D eigenvalue weighted by molar-refractivity contribution is 0.0776. The van der Waals surface area contributed by atoms with E-state index >= 15 is 0 Å². The molecule has 0 radical (unpaired) electrons. The van der Waals surface area contributed by atoms with E-state index in [9.17, 15) is 0 Å². The van der Waals surface area contributed by atoms with Crippen LogP contribution in [0, 0.1) is 5.92 Å². The molecule has 5 heteroatoms. The van der Waals surface area contributed by atoms with Crippen molar-refractivity contribution in [2.45, 2.75) is 52.7 Å². The molecular formula is C20H33N3O2. The van der Waals surface area contributed by atoms with Crippen molar-refractivity contribution in [1.29, 1.82) is 0 Å². The van der Waals surface area contributed by atoms with Gasteiger partial charge in [0, 0.05) is 25.3 Å². The first-order valence-corrected chi connectivity index (χ1v) is 9.53. The number of nitrogens with zero attached hydrogens (tertiary/aromatic N) is 1. The molecule has 5 nitrogen and oxygen atoms in total. The molecule has 1 aromatic carbocycles. The zero-order chi connectivity index (χ0) is 17.9. The minimum Gasteiger partial charge on any atom is -0.493 e.